The number of H-pyrrole nitrogens is 1. The number of anilines is 1. The predicted octanol–water partition coefficient (Wildman–Crippen LogP) is 4.61. The van der Waals surface area contributed by atoms with E-state index in [2.05, 4.69) is 15.6 Å². The molecule has 0 aliphatic rings. The molecular formula is C19H17ClF3N3O. The monoisotopic (exact) mass is 395 g/mol. The van der Waals surface area contributed by atoms with Gasteiger partial charge in [-0.3, -0.25) is 4.79 Å². The average molecular weight is 396 g/mol. The topological polar surface area (TPSA) is 56.9 Å². The van der Waals surface area contributed by atoms with Crippen molar-refractivity contribution in [2.75, 3.05) is 18.4 Å². The Labute approximate surface area is 158 Å². The third kappa shape index (κ3) is 4.74. The molecule has 0 radical (unpaired) electrons. The molecule has 3 rings (SSSR count). The summed E-state index contributed by atoms with van der Waals surface area (Å²) < 4.78 is 38.3. The zero-order valence-electron chi connectivity index (χ0n) is 14.2. The first-order chi connectivity index (χ1) is 12.8. The minimum atomic E-state index is -4.47. The third-order valence-corrected chi connectivity index (χ3v) is 4.45. The summed E-state index contributed by atoms with van der Waals surface area (Å²) in [5.41, 5.74) is 1.35. The lowest BCUT2D eigenvalue weighted by molar-refractivity contribution is -0.137. The van der Waals surface area contributed by atoms with E-state index in [4.69, 9.17) is 11.6 Å². The van der Waals surface area contributed by atoms with E-state index in [1.165, 1.54) is 0 Å². The van der Waals surface area contributed by atoms with E-state index in [1.54, 1.807) is 0 Å². The van der Waals surface area contributed by atoms with Crippen LogP contribution in [0.4, 0.5) is 18.9 Å². The Balaban J connectivity index is 1.51. The number of rotatable bonds is 6. The highest BCUT2D eigenvalue weighted by molar-refractivity contribution is 6.33. The minimum absolute atomic E-state index is 0.0678. The van der Waals surface area contributed by atoms with Gasteiger partial charge in [0.05, 0.1) is 22.8 Å². The lowest BCUT2D eigenvalue weighted by Crippen LogP contribution is -2.31. The van der Waals surface area contributed by atoms with Crippen LogP contribution < -0.4 is 10.6 Å². The number of hydrogen-bond acceptors (Lipinski definition) is 2. The lowest BCUT2D eigenvalue weighted by Gasteiger charge is -2.12. The number of nitrogens with one attached hydrogen (secondary N) is 3. The van der Waals surface area contributed by atoms with Crippen LogP contribution in [0.25, 0.3) is 10.9 Å². The van der Waals surface area contributed by atoms with E-state index in [0.29, 0.717) is 13.0 Å². The molecule has 0 aliphatic carbocycles. The van der Waals surface area contributed by atoms with Crippen molar-refractivity contribution in [3.8, 4) is 0 Å². The van der Waals surface area contributed by atoms with Crippen molar-refractivity contribution in [3.05, 3.63) is 64.8 Å². The van der Waals surface area contributed by atoms with Crippen molar-refractivity contribution < 1.29 is 18.0 Å². The van der Waals surface area contributed by atoms with Crippen LogP contribution in [0.15, 0.2) is 48.7 Å². The van der Waals surface area contributed by atoms with Gasteiger partial charge >= 0.3 is 6.18 Å². The second-order valence-electron chi connectivity index (χ2n) is 6.01. The van der Waals surface area contributed by atoms with Crippen molar-refractivity contribution in [1.29, 1.82) is 0 Å². The van der Waals surface area contributed by atoms with Crippen LogP contribution >= 0.6 is 11.6 Å². The molecule has 0 bridgehead atoms. The van der Waals surface area contributed by atoms with Gasteiger partial charge in [-0.05, 0) is 36.2 Å². The normalized spacial score (nSPS) is 11.6. The molecule has 1 heterocycles. The van der Waals surface area contributed by atoms with Gasteiger partial charge in [0.15, 0.2) is 0 Å². The zero-order valence-corrected chi connectivity index (χ0v) is 14.9. The SMILES string of the molecule is O=C(CNc1cc(C(F)(F)F)ccc1Cl)NCCc1c[nH]c2ccccc12. The quantitative estimate of drug-likeness (QED) is 0.571. The molecule has 0 unspecified atom stereocenters. The molecule has 0 saturated carbocycles. The third-order valence-electron chi connectivity index (χ3n) is 4.12. The molecule has 3 N–H and O–H groups in total. The molecule has 4 nitrogen and oxygen atoms in total. The number of carbonyl (C=O) groups excluding carboxylic acids is 1. The van der Waals surface area contributed by atoms with Crippen LogP contribution in [0, 0.1) is 0 Å². The Morgan fingerprint density at radius 3 is 2.70 bits per heavy atom. The number of aromatic amines is 1. The molecule has 2 aromatic carbocycles. The Bertz CT molecular complexity index is 953. The van der Waals surface area contributed by atoms with E-state index in [0.717, 1.165) is 34.7 Å². The molecule has 0 saturated heterocycles. The molecular weight excluding hydrogens is 379 g/mol. The lowest BCUT2D eigenvalue weighted by atomic mass is 10.1. The number of fused-ring (bicyclic) bond motifs is 1. The molecule has 0 aliphatic heterocycles. The van der Waals surface area contributed by atoms with Gasteiger partial charge in [0.2, 0.25) is 5.91 Å². The molecule has 0 fully saturated rings. The smallest absolute Gasteiger partial charge is 0.375 e. The number of benzene rings is 2. The van der Waals surface area contributed by atoms with Crippen LogP contribution in [0.2, 0.25) is 5.02 Å². The minimum Gasteiger partial charge on any atom is -0.375 e. The van der Waals surface area contributed by atoms with Gasteiger partial charge in [0.1, 0.15) is 0 Å². The maximum Gasteiger partial charge on any atom is 0.416 e. The van der Waals surface area contributed by atoms with Gasteiger partial charge in [-0.25, -0.2) is 0 Å². The molecule has 0 atom stereocenters. The van der Waals surface area contributed by atoms with Crippen molar-refractivity contribution in [2.24, 2.45) is 0 Å². The maximum atomic E-state index is 12.8. The van der Waals surface area contributed by atoms with E-state index >= 15 is 0 Å². The molecule has 8 heteroatoms. The first-order valence-electron chi connectivity index (χ1n) is 8.27. The van der Waals surface area contributed by atoms with Gasteiger partial charge < -0.3 is 15.6 Å². The van der Waals surface area contributed by atoms with Crippen LogP contribution in [-0.2, 0) is 17.4 Å². The Hall–Kier alpha value is -2.67. The summed E-state index contributed by atoms with van der Waals surface area (Å²) >= 11 is 5.89. The summed E-state index contributed by atoms with van der Waals surface area (Å²) in [7, 11) is 0. The Kier molecular flexibility index (Phi) is 5.60. The summed E-state index contributed by atoms with van der Waals surface area (Å²) in [6, 6.07) is 10.8. The van der Waals surface area contributed by atoms with Crippen molar-refractivity contribution in [2.45, 2.75) is 12.6 Å². The summed E-state index contributed by atoms with van der Waals surface area (Å²) in [4.78, 5) is 15.1. The van der Waals surface area contributed by atoms with Crippen LogP contribution in [0.1, 0.15) is 11.1 Å². The molecule has 1 aromatic heterocycles. The van der Waals surface area contributed by atoms with Gasteiger partial charge in [-0.1, -0.05) is 29.8 Å². The number of alkyl halides is 3. The Morgan fingerprint density at radius 1 is 1.15 bits per heavy atom. The maximum absolute atomic E-state index is 12.8. The fourth-order valence-corrected chi connectivity index (χ4v) is 2.93. The van der Waals surface area contributed by atoms with E-state index in [9.17, 15) is 18.0 Å². The second kappa shape index (κ2) is 7.92. The van der Waals surface area contributed by atoms with E-state index < -0.39 is 11.7 Å². The number of para-hydroxylation sites is 1. The Morgan fingerprint density at radius 2 is 1.93 bits per heavy atom. The van der Waals surface area contributed by atoms with Gasteiger partial charge in [0, 0.05) is 23.6 Å². The summed E-state index contributed by atoms with van der Waals surface area (Å²) in [6.07, 6.45) is -1.93. The largest absolute Gasteiger partial charge is 0.416 e. The van der Waals surface area contributed by atoms with Crippen LogP contribution in [-0.4, -0.2) is 24.0 Å². The summed E-state index contributed by atoms with van der Waals surface area (Å²) in [5.74, 6) is -0.330. The average Bonchev–Trinajstić information content (AvgIpc) is 3.03. The van der Waals surface area contributed by atoms with Crippen molar-refractivity contribution in [3.63, 3.8) is 0 Å². The number of halogens is 4. The van der Waals surface area contributed by atoms with Crippen LogP contribution in [0.5, 0.6) is 0 Å². The molecule has 142 valence electrons. The highest BCUT2D eigenvalue weighted by Crippen LogP contribution is 2.33. The van der Waals surface area contributed by atoms with E-state index in [1.807, 2.05) is 30.5 Å². The van der Waals surface area contributed by atoms with Gasteiger partial charge in [0.25, 0.3) is 0 Å². The van der Waals surface area contributed by atoms with Gasteiger partial charge in [-0.15, -0.1) is 0 Å². The van der Waals surface area contributed by atoms with Crippen LogP contribution in [0.3, 0.4) is 0 Å². The fraction of sp³-hybridized carbons (Fsp3) is 0.211. The number of aromatic nitrogens is 1. The zero-order chi connectivity index (χ0) is 19.4. The van der Waals surface area contributed by atoms with Crippen molar-refractivity contribution >= 4 is 34.1 Å². The standard InChI is InChI=1S/C19H17ClF3N3O/c20-15-6-5-13(19(21,22)23)9-17(15)26-11-18(27)24-8-7-12-10-25-16-4-2-1-3-14(12)16/h1-6,9-10,25-26H,7-8,11H2,(H,24,27). The molecule has 3 aromatic rings. The predicted molar refractivity (Wildman–Crippen MR) is 100.0 cm³/mol. The highest BCUT2D eigenvalue weighted by Gasteiger charge is 2.30. The molecule has 0 spiro atoms. The summed E-state index contributed by atoms with van der Waals surface area (Å²) in [5, 5.41) is 6.61. The fourth-order valence-electron chi connectivity index (χ4n) is 2.75. The second-order valence-corrected chi connectivity index (χ2v) is 6.41. The highest BCUT2D eigenvalue weighted by atomic mass is 35.5. The first kappa shape index (κ1) is 19.1. The van der Waals surface area contributed by atoms with Crippen molar-refractivity contribution in [1.82, 2.24) is 10.3 Å². The number of hydrogen-bond donors (Lipinski definition) is 3. The molecule has 27 heavy (non-hydrogen) atoms. The summed E-state index contributed by atoms with van der Waals surface area (Å²) in [6.45, 7) is 0.244. The van der Waals surface area contributed by atoms with Gasteiger partial charge in [-0.2, -0.15) is 13.2 Å². The number of amides is 1. The number of carbonyl (C=O) groups is 1. The first-order valence-corrected chi connectivity index (χ1v) is 8.64. The molecule has 1 amide bonds. The van der Waals surface area contributed by atoms with E-state index in [-0.39, 0.29) is 23.2 Å².